The number of halogens is 1. The fourth-order valence-corrected chi connectivity index (χ4v) is 15.6. The highest BCUT2D eigenvalue weighted by Gasteiger charge is 2.71. The van der Waals surface area contributed by atoms with E-state index in [2.05, 4.69) is 64.4 Å². The molecule has 11 heteroatoms. The third kappa shape index (κ3) is 6.71. The molecule has 0 radical (unpaired) electrons. The summed E-state index contributed by atoms with van der Waals surface area (Å²) in [7, 11) is 0. The minimum Gasteiger partial charge on any atom is -0.481 e. The molecule has 0 aromatic heterocycles. The maximum atomic E-state index is 14.2. The number of carboxylic acids is 1. The van der Waals surface area contributed by atoms with E-state index in [9.17, 15) is 29.4 Å². The van der Waals surface area contributed by atoms with Crippen LogP contribution in [0.5, 0.6) is 0 Å². The summed E-state index contributed by atoms with van der Waals surface area (Å²) in [5, 5.41) is 32.8. The van der Waals surface area contributed by atoms with Crippen LogP contribution in [-0.4, -0.2) is 77.8 Å². The van der Waals surface area contributed by atoms with Crippen molar-refractivity contribution < 1.29 is 34.1 Å². The number of hydrogen-bond acceptors (Lipinski definition) is 8. The van der Waals surface area contributed by atoms with Crippen molar-refractivity contribution in [3.8, 4) is 0 Å². The third-order valence-electron chi connectivity index (χ3n) is 19.4. The van der Waals surface area contributed by atoms with Crippen LogP contribution >= 0.6 is 11.6 Å². The standard InChI is InChI=1S/C50H72ClN3O7/c1-28(2)39-34(55)23-50(37(56)24-52-25-49(26-53-27-49)54-41(57)29-10-12-30(51)13-11-29)21-20-47(8)31(40(39)50)14-15-36-46(7)18-17-38(45(5,6)35(46)16-19-48(36,47)9)61-43(60)33-22-32(42(58)59)44(33,3)4/h10-13,28,31-33,35-38,52-53,56H,14-27H2,1-9H3,(H,54,57)(H,58,59)/t31-,32+,33-,35+,36-,37+,38+,46+,47-,48-,50+/m1/s1. The van der Waals surface area contributed by atoms with Gasteiger partial charge >= 0.3 is 11.9 Å². The van der Waals surface area contributed by atoms with E-state index in [1.165, 1.54) is 5.57 Å². The van der Waals surface area contributed by atoms with Crippen molar-refractivity contribution in [2.75, 3.05) is 26.2 Å². The summed E-state index contributed by atoms with van der Waals surface area (Å²) in [4.78, 5) is 52.9. The van der Waals surface area contributed by atoms with Gasteiger partial charge in [-0.3, -0.25) is 19.2 Å². The number of aliphatic hydroxyl groups excluding tert-OH is 1. The molecule has 5 saturated carbocycles. The molecular formula is C50H72ClN3O7. The molecule has 336 valence electrons. The number of aliphatic hydroxyl groups is 1. The van der Waals surface area contributed by atoms with E-state index in [-0.39, 0.29) is 57.3 Å². The normalized spacial score (nSPS) is 39.7. The first-order valence-electron chi connectivity index (χ1n) is 23.4. The summed E-state index contributed by atoms with van der Waals surface area (Å²) in [6.07, 6.45) is 7.41. The van der Waals surface area contributed by atoms with Crippen molar-refractivity contribution in [3.05, 3.63) is 46.0 Å². The number of esters is 1. The molecule has 7 aliphatic rings. The number of carbonyl (C=O) groups excluding carboxylic acids is 3. The van der Waals surface area contributed by atoms with Gasteiger partial charge in [0.25, 0.3) is 5.91 Å². The molecule has 1 heterocycles. The average Bonchev–Trinajstić information content (AvgIpc) is 3.48. The summed E-state index contributed by atoms with van der Waals surface area (Å²) in [6.45, 7) is 22.4. The summed E-state index contributed by atoms with van der Waals surface area (Å²) < 4.78 is 6.43. The molecule has 0 unspecified atom stereocenters. The largest absolute Gasteiger partial charge is 0.481 e. The Labute approximate surface area is 368 Å². The molecule has 0 spiro atoms. The van der Waals surface area contributed by atoms with Crippen LogP contribution in [0.1, 0.15) is 137 Å². The van der Waals surface area contributed by atoms with Gasteiger partial charge in [-0.25, -0.2) is 0 Å². The van der Waals surface area contributed by atoms with E-state index in [1.807, 2.05) is 13.8 Å². The van der Waals surface area contributed by atoms with Gasteiger partial charge in [0, 0.05) is 54.0 Å². The molecule has 5 N–H and O–H groups in total. The number of nitrogens with one attached hydrogen (secondary N) is 3. The number of fused-ring (bicyclic) bond motifs is 7. The van der Waals surface area contributed by atoms with Crippen LogP contribution in [0.25, 0.3) is 0 Å². The molecule has 61 heavy (non-hydrogen) atoms. The Bertz CT molecular complexity index is 1990. The molecule has 10 nitrogen and oxygen atoms in total. The van der Waals surface area contributed by atoms with Crippen LogP contribution in [0.4, 0.5) is 0 Å². The maximum absolute atomic E-state index is 14.2. The fraction of sp³-hybridized carbons (Fsp3) is 0.760. The number of rotatable bonds is 11. The Morgan fingerprint density at radius 3 is 2.16 bits per heavy atom. The monoisotopic (exact) mass is 862 g/mol. The lowest BCUT2D eigenvalue weighted by Crippen LogP contribution is -2.73. The Balaban J connectivity index is 0.995. The van der Waals surface area contributed by atoms with E-state index in [0.717, 1.165) is 56.9 Å². The van der Waals surface area contributed by atoms with Crippen LogP contribution in [0.15, 0.2) is 35.4 Å². The Morgan fingerprint density at radius 2 is 1.56 bits per heavy atom. The van der Waals surface area contributed by atoms with Gasteiger partial charge < -0.3 is 30.9 Å². The second-order valence-electron chi connectivity index (χ2n) is 23.1. The molecule has 1 aromatic rings. The Morgan fingerprint density at radius 1 is 0.869 bits per heavy atom. The number of ether oxygens (including phenoxy) is 1. The van der Waals surface area contributed by atoms with Gasteiger partial charge in [-0.15, -0.1) is 0 Å². The molecule has 1 saturated heterocycles. The highest BCUT2D eigenvalue weighted by molar-refractivity contribution is 6.30. The first kappa shape index (κ1) is 44.8. The highest BCUT2D eigenvalue weighted by atomic mass is 35.5. The maximum Gasteiger partial charge on any atom is 0.309 e. The number of carbonyl (C=O) groups is 4. The lowest BCUT2D eigenvalue weighted by Gasteiger charge is -2.72. The van der Waals surface area contributed by atoms with Gasteiger partial charge in [0.2, 0.25) is 0 Å². The average molecular weight is 863 g/mol. The van der Waals surface area contributed by atoms with Gasteiger partial charge in [-0.2, -0.15) is 0 Å². The number of Topliss-reactive ketones (excluding diaryl/α,β-unsaturated/α-hetero) is 1. The number of hydrogen-bond donors (Lipinski definition) is 5. The summed E-state index contributed by atoms with van der Waals surface area (Å²) >= 11 is 6.07. The Kier molecular flexibility index (Phi) is 11.1. The molecule has 11 atom stereocenters. The topological polar surface area (TPSA) is 154 Å². The van der Waals surface area contributed by atoms with Crippen LogP contribution in [0.2, 0.25) is 5.02 Å². The number of benzene rings is 1. The first-order chi connectivity index (χ1) is 28.5. The zero-order valence-corrected chi connectivity index (χ0v) is 38.9. The zero-order valence-electron chi connectivity index (χ0n) is 38.1. The van der Waals surface area contributed by atoms with Crippen molar-refractivity contribution in [1.29, 1.82) is 0 Å². The minimum atomic E-state index is -0.838. The lowest BCUT2D eigenvalue weighted by molar-refractivity contribution is -0.238. The van der Waals surface area contributed by atoms with Gasteiger partial charge in [-0.1, -0.05) is 79.5 Å². The molecule has 1 aromatic carbocycles. The number of aliphatic carboxylic acids is 1. The van der Waals surface area contributed by atoms with Crippen LogP contribution < -0.4 is 16.0 Å². The molecule has 0 bridgehead atoms. The van der Waals surface area contributed by atoms with Crippen LogP contribution in [0, 0.1) is 68.0 Å². The Hall–Kier alpha value is -2.79. The van der Waals surface area contributed by atoms with E-state index in [0.29, 0.717) is 61.4 Å². The van der Waals surface area contributed by atoms with Gasteiger partial charge in [0.1, 0.15) is 6.10 Å². The SMILES string of the molecule is CC(C)C1=C2[C@H]3CC[C@@H]4[C@@]5(C)CC[C@H](OC(=O)[C@H]6C[C@@H](C(=O)O)C6(C)C)C(C)(C)[C@@H]5CC[C@@]4(C)[C@]3(C)CC[C@@]2([C@@H](O)CNCC2(NC(=O)c3ccc(Cl)cc3)CNC2)CC1=O. The molecular weight excluding hydrogens is 790 g/mol. The summed E-state index contributed by atoms with van der Waals surface area (Å²) in [5.41, 5.74) is 0.813. The van der Waals surface area contributed by atoms with Crippen molar-refractivity contribution in [3.63, 3.8) is 0 Å². The quantitative estimate of drug-likeness (QED) is 0.139. The first-order valence-corrected chi connectivity index (χ1v) is 23.7. The summed E-state index contributed by atoms with van der Waals surface area (Å²) in [5.74, 6) is -0.850. The number of amides is 1. The lowest BCUT2D eigenvalue weighted by atomic mass is 9.33. The second-order valence-corrected chi connectivity index (χ2v) is 23.6. The minimum absolute atomic E-state index is 0.0184. The van der Waals surface area contributed by atoms with Crippen LogP contribution in [0.3, 0.4) is 0 Å². The molecule has 6 aliphatic carbocycles. The van der Waals surface area contributed by atoms with E-state index < -0.39 is 40.3 Å². The smallest absolute Gasteiger partial charge is 0.309 e. The van der Waals surface area contributed by atoms with Crippen molar-refractivity contribution in [1.82, 2.24) is 16.0 Å². The number of ketones is 1. The van der Waals surface area contributed by atoms with Crippen molar-refractivity contribution >= 4 is 35.2 Å². The van der Waals surface area contributed by atoms with Gasteiger partial charge in [0.05, 0.1) is 23.5 Å². The van der Waals surface area contributed by atoms with Crippen molar-refractivity contribution in [2.24, 2.45) is 68.0 Å². The third-order valence-corrected chi connectivity index (χ3v) is 19.6. The highest BCUT2D eigenvalue weighted by Crippen LogP contribution is 2.77. The predicted octanol–water partition coefficient (Wildman–Crippen LogP) is 8.00. The fourth-order valence-electron chi connectivity index (χ4n) is 15.5. The van der Waals surface area contributed by atoms with Gasteiger partial charge in [-0.05, 0) is 133 Å². The van der Waals surface area contributed by atoms with E-state index >= 15 is 0 Å². The van der Waals surface area contributed by atoms with Gasteiger partial charge in [0.15, 0.2) is 5.78 Å². The predicted molar refractivity (Wildman–Crippen MR) is 236 cm³/mol. The van der Waals surface area contributed by atoms with Crippen LogP contribution in [-0.2, 0) is 19.1 Å². The zero-order chi connectivity index (χ0) is 44.3. The molecule has 6 fully saturated rings. The second kappa shape index (κ2) is 15.2. The molecule has 1 aliphatic heterocycles. The number of allylic oxidation sites excluding steroid dienone is 1. The molecule has 8 rings (SSSR count). The van der Waals surface area contributed by atoms with E-state index in [4.69, 9.17) is 16.3 Å². The number of carboxylic acid groups (broad SMARTS) is 1. The van der Waals surface area contributed by atoms with Crippen molar-refractivity contribution in [2.45, 2.75) is 144 Å². The van der Waals surface area contributed by atoms with E-state index in [1.54, 1.807) is 24.3 Å². The molecule has 1 amide bonds. The summed E-state index contributed by atoms with van der Waals surface area (Å²) in [6, 6.07) is 6.89.